The fourth-order valence-electron chi connectivity index (χ4n) is 0.860. The van der Waals surface area contributed by atoms with Gasteiger partial charge in [0, 0.05) is 0 Å². The number of benzene rings is 1. The van der Waals surface area contributed by atoms with Gasteiger partial charge in [-0.3, -0.25) is 0 Å². The SMILES string of the molecule is Cc1ccc(C(=O)OBr)c(Cl)c1O. The summed E-state index contributed by atoms with van der Waals surface area (Å²) in [4.78, 5) is 11.0. The van der Waals surface area contributed by atoms with Crippen LogP contribution < -0.4 is 0 Å². The van der Waals surface area contributed by atoms with E-state index in [2.05, 4.69) is 20.1 Å². The predicted octanol–water partition coefficient (Wildman–Crippen LogP) is 2.82. The molecule has 5 heteroatoms. The second-order valence-electron chi connectivity index (χ2n) is 2.46. The van der Waals surface area contributed by atoms with E-state index in [9.17, 15) is 9.90 Å². The Bertz CT molecular complexity index is 351. The highest BCUT2D eigenvalue weighted by atomic mass is 79.9. The molecule has 0 aliphatic heterocycles. The normalized spacial score (nSPS) is 9.77. The summed E-state index contributed by atoms with van der Waals surface area (Å²) < 4.78 is 4.29. The van der Waals surface area contributed by atoms with Crippen LogP contribution in [0.4, 0.5) is 0 Å². The quantitative estimate of drug-likeness (QED) is 0.849. The maximum atomic E-state index is 11.0. The average Bonchev–Trinajstić information content (AvgIpc) is 2.13. The minimum atomic E-state index is -0.639. The lowest BCUT2D eigenvalue weighted by atomic mass is 10.1. The summed E-state index contributed by atoms with van der Waals surface area (Å²) in [5, 5.41) is 9.38. The Morgan fingerprint density at radius 1 is 1.62 bits per heavy atom. The number of carbonyl (C=O) groups is 1. The maximum absolute atomic E-state index is 11.0. The van der Waals surface area contributed by atoms with Gasteiger partial charge in [-0.15, -0.1) is 0 Å². The molecule has 1 aromatic rings. The molecule has 0 unspecified atom stereocenters. The fraction of sp³-hybridized carbons (Fsp3) is 0.125. The third kappa shape index (κ3) is 1.95. The molecule has 0 bridgehead atoms. The molecule has 3 nitrogen and oxygen atoms in total. The summed E-state index contributed by atoms with van der Waals surface area (Å²) in [5.74, 6) is -0.739. The summed E-state index contributed by atoms with van der Waals surface area (Å²) in [6.45, 7) is 1.68. The Morgan fingerprint density at radius 2 is 2.23 bits per heavy atom. The van der Waals surface area contributed by atoms with Crippen molar-refractivity contribution < 1.29 is 13.7 Å². The Balaban J connectivity index is 3.26. The van der Waals surface area contributed by atoms with E-state index in [0.717, 1.165) is 0 Å². The predicted molar refractivity (Wildman–Crippen MR) is 52.2 cm³/mol. The number of aromatic hydroxyl groups is 1. The van der Waals surface area contributed by atoms with E-state index in [-0.39, 0.29) is 16.3 Å². The van der Waals surface area contributed by atoms with E-state index in [1.54, 1.807) is 13.0 Å². The molecule has 0 atom stereocenters. The first-order valence-electron chi connectivity index (χ1n) is 3.39. The zero-order valence-corrected chi connectivity index (χ0v) is 9.02. The van der Waals surface area contributed by atoms with Gasteiger partial charge < -0.3 is 8.93 Å². The van der Waals surface area contributed by atoms with Crippen LogP contribution in [0.15, 0.2) is 12.1 Å². The first kappa shape index (κ1) is 10.3. The van der Waals surface area contributed by atoms with Crippen molar-refractivity contribution in [1.82, 2.24) is 0 Å². The van der Waals surface area contributed by atoms with Crippen LogP contribution in [0.5, 0.6) is 5.75 Å². The Kier molecular flexibility index (Phi) is 3.17. The van der Waals surface area contributed by atoms with E-state index >= 15 is 0 Å². The molecular weight excluding hydrogens is 259 g/mol. The van der Waals surface area contributed by atoms with Crippen LogP contribution in [-0.4, -0.2) is 11.1 Å². The molecule has 0 saturated heterocycles. The van der Waals surface area contributed by atoms with Crippen LogP contribution in [0.1, 0.15) is 15.9 Å². The zero-order chi connectivity index (χ0) is 10.0. The Morgan fingerprint density at radius 3 is 2.77 bits per heavy atom. The minimum Gasteiger partial charge on any atom is -0.506 e. The number of halogens is 2. The molecule has 13 heavy (non-hydrogen) atoms. The number of hydrogen-bond acceptors (Lipinski definition) is 3. The molecule has 0 aromatic heterocycles. The Labute approximate surface area is 88.7 Å². The monoisotopic (exact) mass is 264 g/mol. The third-order valence-electron chi connectivity index (χ3n) is 1.61. The summed E-state index contributed by atoms with van der Waals surface area (Å²) in [6, 6.07) is 3.07. The second-order valence-corrected chi connectivity index (χ2v) is 3.16. The van der Waals surface area contributed by atoms with Crippen LogP contribution in [0, 0.1) is 6.92 Å². The van der Waals surface area contributed by atoms with E-state index in [1.807, 2.05) is 0 Å². The largest absolute Gasteiger partial charge is 0.506 e. The number of rotatable bonds is 1. The smallest absolute Gasteiger partial charge is 0.351 e. The van der Waals surface area contributed by atoms with Crippen LogP contribution in [0.25, 0.3) is 0 Å². The first-order chi connectivity index (χ1) is 6.07. The van der Waals surface area contributed by atoms with E-state index in [1.165, 1.54) is 6.07 Å². The van der Waals surface area contributed by atoms with Crippen molar-refractivity contribution in [1.29, 1.82) is 0 Å². The van der Waals surface area contributed by atoms with Gasteiger partial charge in [-0.2, -0.15) is 0 Å². The highest BCUT2D eigenvalue weighted by Crippen LogP contribution is 2.30. The highest BCUT2D eigenvalue weighted by molar-refractivity contribution is 9.06. The molecule has 0 radical (unpaired) electrons. The fourth-order valence-corrected chi connectivity index (χ4v) is 1.32. The topological polar surface area (TPSA) is 46.5 Å². The number of phenolic OH excluding ortho intramolecular Hbond substituents is 1. The van der Waals surface area contributed by atoms with Gasteiger partial charge >= 0.3 is 5.97 Å². The van der Waals surface area contributed by atoms with Gasteiger partial charge in [0.05, 0.1) is 10.6 Å². The van der Waals surface area contributed by atoms with Crippen molar-refractivity contribution in [2.45, 2.75) is 6.92 Å². The van der Waals surface area contributed by atoms with Crippen molar-refractivity contribution in [3.8, 4) is 5.75 Å². The molecule has 0 saturated carbocycles. The van der Waals surface area contributed by atoms with E-state index in [0.29, 0.717) is 5.56 Å². The van der Waals surface area contributed by atoms with Crippen LogP contribution >= 0.6 is 27.9 Å². The molecule has 70 valence electrons. The second kappa shape index (κ2) is 3.98. The maximum Gasteiger partial charge on any atom is 0.351 e. The average molecular weight is 265 g/mol. The summed E-state index contributed by atoms with van der Waals surface area (Å²) in [5.41, 5.74) is 0.734. The van der Waals surface area contributed by atoms with E-state index in [4.69, 9.17) is 11.6 Å². The molecule has 0 fully saturated rings. The summed E-state index contributed by atoms with van der Waals surface area (Å²) in [7, 11) is 0. The lowest BCUT2D eigenvalue weighted by Gasteiger charge is -2.04. The number of hydrogen-bond donors (Lipinski definition) is 1. The van der Waals surface area contributed by atoms with Crippen molar-refractivity contribution in [2.24, 2.45) is 0 Å². The van der Waals surface area contributed by atoms with Gasteiger partial charge in [-0.05, 0) is 18.6 Å². The lowest BCUT2D eigenvalue weighted by molar-refractivity contribution is 0.0781. The van der Waals surface area contributed by atoms with Crippen LogP contribution in [-0.2, 0) is 3.83 Å². The molecule has 0 spiro atoms. The van der Waals surface area contributed by atoms with Gasteiger partial charge in [-0.1, -0.05) is 17.7 Å². The van der Waals surface area contributed by atoms with Gasteiger partial charge in [0.1, 0.15) is 5.75 Å². The number of carbonyl (C=O) groups excluding carboxylic acids is 1. The van der Waals surface area contributed by atoms with Crippen LogP contribution in [0.3, 0.4) is 0 Å². The lowest BCUT2D eigenvalue weighted by Crippen LogP contribution is -1.99. The Hall–Kier alpha value is -0.740. The molecule has 1 N–H and O–H groups in total. The van der Waals surface area contributed by atoms with Crippen molar-refractivity contribution >= 4 is 33.8 Å². The van der Waals surface area contributed by atoms with Crippen molar-refractivity contribution in [2.75, 3.05) is 0 Å². The highest BCUT2D eigenvalue weighted by Gasteiger charge is 2.15. The van der Waals surface area contributed by atoms with Gasteiger partial charge in [-0.25, -0.2) is 4.79 Å². The molecule has 0 aliphatic rings. The minimum absolute atomic E-state index is 0.00412. The van der Waals surface area contributed by atoms with Gasteiger partial charge in [0.25, 0.3) is 0 Å². The first-order valence-corrected chi connectivity index (χ1v) is 4.41. The molecular formula is C8H6BrClO3. The number of phenols is 1. The molecule has 1 aromatic carbocycles. The van der Waals surface area contributed by atoms with Gasteiger partial charge in [0.2, 0.25) is 0 Å². The number of aryl methyl sites for hydroxylation is 1. The molecule has 0 heterocycles. The summed E-state index contributed by atoms with van der Waals surface area (Å²) >= 11 is 8.24. The molecule has 0 amide bonds. The van der Waals surface area contributed by atoms with Crippen molar-refractivity contribution in [3.63, 3.8) is 0 Å². The molecule has 0 aliphatic carbocycles. The third-order valence-corrected chi connectivity index (χ3v) is 2.28. The molecule has 1 rings (SSSR count). The van der Waals surface area contributed by atoms with Gasteiger partial charge in [0.15, 0.2) is 16.3 Å². The summed E-state index contributed by atoms with van der Waals surface area (Å²) in [6.07, 6.45) is 0. The zero-order valence-electron chi connectivity index (χ0n) is 6.67. The van der Waals surface area contributed by atoms with Crippen LogP contribution in [0.2, 0.25) is 5.02 Å². The standard InChI is InChI=1S/C8H6BrClO3/c1-4-2-3-5(8(12)13-9)6(10)7(4)11/h2-3,11H,1H3. The van der Waals surface area contributed by atoms with E-state index < -0.39 is 5.97 Å². The van der Waals surface area contributed by atoms with Crippen molar-refractivity contribution in [3.05, 3.63) is 28.3 Å².